The number of anilines is 1. The predicted octanol–water partition coefficient (Wildman–Crippen LogP) is 4.44. The van der Waals surface area contributed by atoms with Gasteiger partial charge in [0.1, 0.15) is 5.82 Å². The van der Waals surface area contributed by atoms with E-state index in [4.69, 9.17) is 28.9 Å². The molecule has 0 bridgehead atoms. The highest BCUT2D eigenvalue weighted by Crippen LogP contribution is 2.28. The molecule has 1 aromatic heterocycles. The zero-order valence-electron chi connectivity index (χ0n) is 15.2. The molecule has 7 nitrogen and oxygen atoms in total. The van der Waals surface area contributed by atoms with Gasteiger partial charge >= 0.3 is 0 Å². The molecule has 1 heterocycles. The van der Waals surface area contributed by atoms with Crippen LogP contribution in [0.3, 0.4) is 0 Å². The molecule has 0 aliphatic carbocycles. The largest absolute Gasteiger partial charge is 0.366 e. The Hall–Kier alpha value is -3.07. The minimum Gasteiger partial charge on any atom is -0.366 e. The van der Waals surface area contributed by atoms with Crippen LogP contribution in [0.5, 0.6) is 0 Å². The Bertz CT molecular complexity index is 1380. The minimum atomic E-state index is -3.85. The zero-order chi connectivity index (χ0) is 21.5. The number of nitrogens with two attached hydrogens (primary N) is 1. The predicted molar refractivity (Wildman–Crippen MR) is 117 cm³/mol. The second kappa shape index (κ2) is 7.64. The molecule has 0 aliphatic rings. The van der Waals surface area contributed by atoms with E-state index in [2.05, 4.69) is 14.7 Å². The monoisotopic (exact) mass is 460 g/mol. The second-order valence-electron chi connectivity index (χ2n) is 6.44. The lowest BCUT2D eigenvalue weighted by Crippen LogP contribution is -2.13. The van der Waals surface area contributed by atoms with Gasteiger partial charge in [0.2, 0.25) is 5.91 Å². The molecule has 3 aromatic carbocycles. The van der Waals surface area contributed by atoms with Crippen molar-refractivity contribution in [3.8, 4) is 11.4 Å². The van der Waals surface area contributed by atoms with Gasteiger partial charge in [-0.05, 0) is 60.7 Å². The third-order valence-electron chi connectivity index (χ3n) is 4.38. The maximum absolute atomic E-state index is 12.7. The summed E-state index contributed by atoms with van der Waals surface area (Å²) < 4.78 is 27.8. The van der Waals surface area contributed by atoms with Crippen LogP contribution in [0.2, 0.25) is 10.0 Å². The highest BCUT2D eigenvalue weighted by atomic mass is 35.5. The molecule has 4 N–H and O–H groups in total. The van der Waals surface area contributed by atoms with Crippen molar-refractivity contribution in [1.82, 2.24) is 9.97 Å². The summed E-state index contributed by atoms with van der Waals surface area (Å²) in [4.78, 5) is 19.0. The van der Waals surface area contributed by atoms with Gasteiger partial charge in [-0.3, -0.25) is 9.52 Å². The summed E-state index contributed by atoms with van der Waals surface area (Å²) in [5.74, 6) is -0.00595. The van der Waals surface area contributed by atoms with Crippen LogP contribution in [0, 0.1) is 0 Å². The maximum atomic E-state index is 12.7. The molecule has 4 rings (SSSR count). The molecule has 4 aromatic rings. The van der Waals surface area contributed by atoms with E-state index in [1.807, 2.05) is 0 Å². The van der Waals surface area contributed by atoms with E-state index in [9.17, 15) is 13.2 Å². The van der Waals surface area contributed by atoms with Gasteiger partial charge in [0.25, 0.3) is 10.0 Å². The van der Waals surface area contributed by atoms with Gasteiger partial charge in [-0.15, -0.1) is 0 Å². The average Bonchev–Trinajstić information content (AvgIpc) is 3.13. The smallest absolute Gasteiger partial charge is 0.261 e. The Labute approximate surface area is 181 Å². The molecule has 0 saturated heterocycles. The Morgan fingerprint density at radius 2 is 1.73 bits per heavy atom. The first-order valence-corrected chi connectivity index (χ1v) is 10.8. The van der Waals surface area contributed by atoms with E-state index in [-0.39, 0.29) is 15.6 Å². The Morgan fingerprint density at radius 1 is 1.00 bits per heavy atom. The summed E-state index contributed by atoms with van der Waals surface area (Å²) in [5, 5.41) is 0.599. The normalized spacial score (nSPS) is 11.5. The van der Waals surface area contributed by atoms with Gasteiger partial charge in [0.15, 0.2) is 0 Å². The zero-order valence-corrected chi connectivity index (χ0v) is 17.5. The number of aromatic amines is 1. The van der Waals surface area contributed by atoms with Gasteiger partial charge in [0.05, 0.1) is 26.6 Å². The van der Waals surface area contributed by atoms with Crippen LogP contribution < -0.4 is 10.5 Å². The summed E-state index contributed by atoms with van der Waals surface area (Å²) >= 11 is 11.9. The lowest BCUT2D eigenvalue weighted by atomic mass is 10.2. The van der Waals surface area contributed by atoms with E-state index in [0.29, 0.717) is 27.5 Å². The van der Waals surface area contributed by atoms with Crippen LogP contribution in [-0.4, -0.2) is 24.3 Å². The number of amides is 1. The van der Waals surface area contributed by atoms with Crippen LogP contribution in [0.25, 0.3) is 22.4 Å². The number of hydrogen-bond donors (Lipinski definition) is 3. The van der Waals surface area contributed by atoms with Crippen LogP contribution in [0.1, 0.15) is 10.4 Å². The molecule has 0 unspecified atom stereocenters. The molecule has 0 spiro atoms. The molecular weight excluding hydrogens is 447 g/mol. The summed E-state index contributed by atoms with van der Waals surface area (Å²) in [6.45, 7) is 0. The lowest BCUT2D eigenvalue weighted by Gasteiger charge is -2.10. The summed E-state index contributed by atoms with van der Waals surface area (Å²) in [6, 6.07) is 15.6. The number of hydrogen-bond acceptors (Lipinski definition) is 4. The fourth-order valence-electron chi connectivity index (χ4n) is 2.86. The number of fused-ring (bicyclic) bond motifs is 1. The molecule has 152 valence electrons. The van der Waals surface area contributed by atoms with Crippen molar-refractivity contribution in [3.63, 3.8) is 0 Å². The van der Waals surface area contributed by atoms with Crippen LogP contribution in [-0.2, 0) is 10.0 Å². The van der Waals surface area contributed by atoms with Crippen LogP contribution in [0.4, 0.5) is 5.69 Å². The molecule has 0 aliphatic heterocycles. The number of carbonyl (C=O) groups is 1. The van der Waals surface area contributed by atoms with E-state index in [1.54, 1.807) is 36.4 Å². The van der Waals surface area contributed by atoms with E-state index in [1.165, 1.54) is 24.3 Å². The molecule has 30 heavy (non-hydrogen) atoms. The third-order valence-corrected chi connectivity index (χ3v) is 6.31. The van der Waals surface area contributed by atoms with Crippen LogP contribution in [0.15, 0.2) is 65.6 Å². The Balaban J connectivity index is 1.62. The number of primary amides is 1. The van der Waals surface area contributed by atoms with Gasteiger partial charge < -0.3 is 10.7 Å². The van der Waals surface area contributed by atoms with E-state index < -0.39 is 15.9 Å². The first-order valence-electron chi connectivity index (χ1n) is 8.61. The highest BCUT2D eigenvalue weighted by Gasteiger charge is 2.17. The molecule has 0 saturated carbocycles. The summed E-state index contributed by atoms with van der Waals surface area (Å²) in [7, 11) is -3.85. The molecule has 0 atom stereocenters. The third kappa shape index (κ3) is 3.97. The number of nitrogens with zero attached hydrogens (tertiary/aromatic N) is 1. The van der Waals surface area contributed by atoms with Crippen molar-refractivity contribution in [2.24, 2.45) is 5.73 Å². The molecule has 1 amide bonds. The second-order valence-corrected chi connectivity index (χ2v) is 8.96. The van der Waals surface area contributed by atoms with E-state index in [0.717, 1.165) is 5.52 Å². The van der Waals surface area contributed by atoms with Crippen LogP contribution >= 0.6 is 23.2 Å². The maximum Gasteiger partial charge on any atom is 0.261 e. The summed E-state index contributed by atoms with van der Waals surface area (Å²) in [6.07, 6.45) is 0. The van der Waals surface area contributed by atoms with Gasteiger partial charge in [0, 0.05) is 16.1 Å². The number of imidazole rings is 1. The Morgan fingerprint density at radius 3 is 2.40 bits per heavy atom. The van der Waals surface area contributed by atoms with Gasteiger partial charge in [-0.1, -0.05) is 23.2 Å². The number of carbonyl (C=O) groups excluding carboxylic acids is 1. The van der Waals surface area contributed by atoms with Crippen molar-refractivity contribution in [1.29, 1.82) is 0 Å². The topological polar surface area (TPSA) is 118 Å². The van der Waals surface area contributed by atoms with Crippen molar-refractivity contribution >= 4 is 55.9 Å². The average molecular weight is 461 g/mol. The lowest BCUT2D eigenvalue weighted by molar-refractivity contribution is 0.100. The number of rotatable bonds is 5. The van der Waals surface area contributed by atoms with Crippen molar-refractivity contribution in [2.45, 2.75) is 4.90 Å². The van der Waals surface area contributed by atoms with Gasteiger partial charge in [-0.2, -0.15) is 0 Å². The summed E-state index contributed by atoms with van der Waals surface area (Å²) in [5.41, 5.74) is 7.87. The van der Waals surface area contributed by atoms with Crippen molar-refractivity contribution in [2.75, 3.05) is 4.72 Å². The minimum absolute atomic E-state index is 0.0596. The molecule has 0 fully saturated rings. The molecule has 0 radical (unpaired) electrons. The molecule has 10 heteroatoms. The quantitative estimate of drug-likeness (QED) is 0.407. The number of nitrogens with one attached hydrogen (secondary N) is 2. The number of H-pyrrole nitrogens is 1. The Kier molecular flexibility index (Phi) is 5.15. The van der Waals surface area contributed by atoms with E-state index >= 15 is 0 Å². The molecular formula is C20H14Cl2N4O3S. The first kappa shape index (κ1) is 20.2. The first-order chi connectivity index (χ1) is 14.2. The number of halogens is 2. The number of benzene rings is 3. The van der Waals surface area contributed by atoms with Crippen molar-refractivity contribution in [3.05, 3.63) is 76.3 Å². The highest BCUT2D eigenvalue weighted by molar-refractivity contribution is 7.92. The standard InChI is InChI=1S/C20H14Cl2N4O3S/c21-13-4-8-16(15(22)10-13)26-30(28,29)14-5-1-11(2-6-14)20-24-17-7-3-12(19(23)27)9-18(17)25-20/h1-10,26H,(H2,23,27)(H,24,25). The SMILES string of the molecule is NC(=O)c1ccc2[nH]c(-c3ccc(S(=O)(=O)Nc4ccc(Cl)cc4Cl)cc3)nc2c1. The number of sulfonamides is 1. The fourth-order valence-corrected chi connectivity index (χ4v) is 4.46. The fraction of sp³-hybridized carbons (Fsp3) is 0. The van der Waals surface area contributed by atoms with Crippen molar-refractivity contribution < 1.29 is 13.2 Å². The number of aromatic nitrogens is 2. The van der Waals surface area contributed by atoms with Gasteiger partial charge in [-0.25, -0.2) is 13.4 Å².